The Morgan fingerprint density at radius 2 is 0.697 bits per heavy atom. The Bertz CT molecular complexity index is 1100. The fourth-order valence-corrected chi connectivity index (χ4v) is 4.71. The van der Waals surface area contributed by atoms with Crippen LogP contribution in [0, 0.1) is 0 Å². The first-order chi connectivity index (χ1) is 15.4. The van der Waals surface area contributed by atoms with E-state index in [4.69, 9.17) is 9.05 Å². The molecular weight excluding hydrogens is 512 g/mol. The van der Waals surface area contributed by atoms with Crippen LogP contribution in [0.3, 0.4) is 0 Å². The first-order valence-corrected chi connectivity index (χ1v) is 12.8. The molecule has 166 valence electrons. The molecule has 0 radical (unpaired) electrons. The minimum absolute atomic E-state index is 0. The summed E-state index contributed by atoms with van der Waals surface area (Å²) in [6, 6.07) is 33.9. The zero-order valence-corrected chi connectivity index (χ0v) is 22.4. The molecule has 6 nitrogen and oxygen atoms in total. The minimum atomic E-state index is -3.77. The second kappa shape index (κ2) is 12.7. The first-order valence-electron chi connectivity index (χ1n) is 9.63. The van der Waals surface area contributed by atoms with Crippen LogP contribution < -0.4 is 19.7 Å². The average molecular weight is 534 g/mol. The van der Waals surface area contributed by atoms with E-state index < -0.39 is 15.2 Å². The molecule has 33 heavy (non-hydrogen) atoms. The smallest absolute Gasteiger partial charge is 0.408 e. The first kappa shape index (κ1) is 26.7. The van der Waals surface area contributed by atoms with Crippen molar-refractivity contribution in [2.45, 2.75) is 0 Å². The molecule has 0 aliphatic rings. The Labute approximate surface area is 205 Å². The van der Waals surface area contributed by atoms with E-state index in [1.54, 1.807) is 109 Å². The third-order valence-electron chi connectivity index (χ3n) is 4.11. The van der Waals surface area contributed by atoms with Crippen molar-refractivity contribution in [2.24, 2.45) is 0 Å². The van der Waals surface area contributed by atoms with Gasteiger partial charge in [0.05, 0.1) is 10.6 Å². The second-order valence-corrected chi connectivity index (χ2v) is 10.0. The van der Waals surface area contributed by atoms with E-state index in [0.29, 0.717) is 22.1 Å². The maximum absolute atomic E-state index is 11.9. The zero-order valence-electron chi connectivity index (χ0n) is 17.7. The molecule has 0 amide bonds. The largest absolute Gasteiger partial charge is 0.421 e. The molecule has 0 aromatic heterocycles. The molecule has 4 aromatic carbocycles. The van der Waals surface area contributed by atoms with Gasteiger partial charge in [-0.25, -0.2) is 9.13 Å². The molecule has 2 unspecified atom stereocenters. The summed E-state index contributed by atoms with van der Waals surface area (Å²) in [6.45, 7) is 0. The van der Waals surface area contributed by atoms with E-state index in [2.05, 4.69) is 0 Å². The Morgan fingerprint density at radius 3 is 0.970 bits per heavy atom. The van der Waals surface area contributed by atoms with Gasteiger partial charge >= 0.3 is 15.2 Å². The van der Waals surface area contributed by atoms with Gasteiger partial charge in [0.2, 0.25) is 0 Å². The molecule has 9 heteroatoms. The number of hydrogen-bond donors (Lipinski definition) is 2. The molecule has 0 spiro atoms. The fraction of sp³-hybridized carbons (Fsp3) is 0. The number of rotatable bonds is 6. The molecule has 4 aromatic rings. The van der Waals surface area contributed by atoms with Crippen molar-refractivity contribution < 1.29 is 47.4 Å². The van der Waals surface area contributed by atoms with Crippen LogP contribution in [-0.4, -0.2) is 9.79 Å². The molecule has 2 N–H and O–H groups in total. The van der Waals surface area contributed by atoms with Crippen LogP contribution in [0.1, 0.15) is 0 Å². The molecule has 0 heterocycles. The fourth-order valence-electron chi connectivity index (χ4n) is 2.59. The summed E-state index contributed by atoms with van der Waals surface area (Å²) < 4.78 is 34.0. The summed E-state index contributed by atoms with van der Waals surface area (Å²) in [5.41, 5.74) is 0. The van der Waals surface area contributed by atoms with Crippen molar-refractivity contribution in [1.82, 2.24) is 0 Å². The van der Waals surface area contributed by atoms with Crippen LogP contribution in [0.15, 0.2) is 121 Å². The number of para-hydroxylation sites is 2. The van der Waals surface area contributed by atoms with E-state index in [1.807, 2.05) is 12.1 Å². The van der Waals surface area contributed by atoms with Gasteiger partial charge in [-0.1, -0.05) is 72.8 Å². The van der Waals surface area contributed by atoms with E-state index in [9.17, 15) is 18.9 Å². The molecule has 0 saturated carbocycles. The van der Waals surface area contributed by atoms with E-state index in [1.165, 1.54) is 0 Å². The maximum Gasteiger partial charge on any atom is 0.408 e. The quantitative estimate of drug-likeness (QED) is 0.263. The summed E-state index contributed by atoms with van der Waals surface area (Å²) in [5.74, 6) is 0.773. The summed E-state index contributed by atoms with van der Waals surface area (Å²) in [7, 11) is -7.53. The van der Waals surface area contributed by atoms with Gasteiger partial charge in [0, 0.05) is 19.5 Å². The SMILES string of the molecule is O=P(O)(Oc1ccccc1)c1ccccc1.O=P(O)(Oc1ccccc1)c1ccccc1.[Zn]. The molecule has 0 saturated heterocycles. The molecule has 0 fully saturated rings. The van der Waals surface area contributed by atoms with Crippen LogP contribution in [0.2, 0.25) is 0 Å². The summed E-state index contributed by atoms with van der Waals surface area (Å²) in [5, 5.41) is 0.581. The van der Waals surface area contributed by atoms with Crippen molar-refractivity contribution in [3.05, 3.63) is 121 Å². The summed E-state index contributed by atoms with van der Waals surface area (Å²) in [4.78, 5) is 19.5. The topological polar surface area (TPSA) is 93.1 Å². The third kappa shape index (κ3) is 8.40. The second-order valence-electron chi connectivity index (χ2n) is 6.52. The summed E-state index contributed by atoms with van der Waals surface area (Å²) in [6.07, 6.45) is 0. The van der Waals surface area contributed by atoms with Gasteiger partial charge in [0.25, 0.3) is 0 Å². The van der Waals surface area contributed by atoms with Crippen LogP contribution in [0.4, 0.5) is 0 Å². The average Bonchev–Trinajstić information content (AvgIpc) is 2.81. The Morgan fingerprint density at radius 1 is 0.455 bits per heavy atom. The van der Waals surface area contributed by atoms with Gasteiger partial charge < -0.3 is 18.8 Å². The van der Waals surface area contributed by atoms with E-state index in [-0.39, 0.29) is 19.5 Å². The number of hydrogen-bond acceptors (Lipinski definition) is 4. The van der Waals surface area contributed by atoms with Gasteiger partial charge in [-0.15, -0.1) is 0 Å². The van der Waals surface area contributed by atoms with Crippen molar-refractivity contribution >= 4 is 25.8 Å². The van der Waals surface area contributed by atoms with E-state index >= 15 is 0 Å². The van der Waals surface area contributed by atoms with Crippen LogP contribution in [0.25, 0.3) is 0 Å². The molecule has 4 rings (SSSR count). The van der Waals surface area contributed by atoms with Crippen LogP contribution in [0.5, 0.6) is 11.5 Å². The molecule has 0 aliphatic heterocycles. The van der Waals surface area contributed by atoms with E-state index in [0.717, 1.165) is 0 Å². The van der Waals surface area contributed by atoms with Gasteiger partial charge in [0.15, 0.2) is 0 Å². The predicted octanol–water partition coefficient (Wildman–Crippen LogP) is 5.15. The minimum Gasteiger partial charge on any atom is -0.421 e. The monoisotopic (exact) mass is 532 g/mol. The van der Waals surface area contributed by atoms with Crippen molar-refractivity contribution in [3.8, 4) is 11.5 Å². The number of benzene rings is 4. The van der Waals surface area contributed by atoms with Gasteiger partial charge in [-0.05, 0) is 48.5 Å². The van der Waals surface area contributed by atoms with Gasteiger partial charge in [0.1, 0.15) is 11.5 Å². The molecule has 2 atom stereocenters. The van der Waals surface area contributed by atoms with Crippen molar-refractivity contribution in [3.63, 3.8) is 0 Å². The Kier molecular flexibility index (Phi) is 10.2. The Hall–Kier alpha value is -2.52. The molecular formula is C24H22O6P2Zn. The van der Waals surface area contributed by atoms with Crippen LogP contribution >= 0.6 is 15.2 Å². The standard InChI is InChI=1S/2C12H11O3P.Zn/c2*13-16(14,12-9-5-2-6-10-12)15-11-7-3-1-4-8-11;/h2*1-10H,(H,13,14);. The molecule has 0 bridgehead atoms. The van der Waals surface area contributed by atoms with Gasteiger partial charge in [-0.2, -0.15) is 0 Å². The summed E-state index contributed by atoms with van der Waals surface area (Å²) >= 11 is 0. The zero-order chi connectivity index (χ0) is 22.9. The van der Waals surface area contributed by atoms with Crippen molar-refractivity contribution in [1.29, 1.82) is 0 Å². The van der Waals surface area contributed by atoms with Gasteiger partial charge in [-0.3, -0.25) is 0 Å². The normalized spacial score (nSPS) is 13.6. The predicted molar refractivity (Wildman–Crippen MR) is 126 cm³/mol. The maximum atomic E-state index is 11.9. The third-order valence-corrected chi connectivity index (χ3v) is 6.93. The Balaban J connectivity index is 0.000000227. The van der Waals surface area contributed by atoms with Crippen LogP contribution in [-0.2, 0) is 28.6 Å². The molecule has 0 aliphatic carbocycles. The van der Waals surface area contributed by atoms with Crippen molar-refractivity contribution in [2.75, 3.05) is 0 Å².